The molecule has 0 fully saturated rings. The average Bonchev–Trinajstić information content (AvgIpc) is 3.43. The molecule has 0 saturated heterocycles. The van der Waals surface area contributed by atoms with Gasteiger partial charge < -0.3 is 9.80 Å². The lowest BCUT2D eigenvalue weighted by Crippen LogP contribution is -2.11. The van der Waals surface area contributed by atoms with E-state index in [1.807, 2.05) is 0 Å². The van der Waals surface area contributed by atoms with E-state index < -0.39 is 0 Å². The Morgan fingerprint density at radius 1 is 0.265 bits per heavy atom. The predicted octanol–water partition coefficient (Wildman–Crippen LogP) is 18.6. The lowest BCUT2D eigenvalue weighted by atomic mass is 9.85. The highest BCUT2D eigenvalue weighted by Gasteiger charge is 2.20. The molecule has 1 aliphatic rings. The van der Waals surface area contributed by atoms with Crippen LogP contribution in [0.25, 0.3) is 55.6 Å². The van der Waals surface area contributed by atoms with Gasteiger partial charge in [-0.2, -0.15) is 0 Å². The fourth-order valence-electron chi connectivity index (χ4n) is 9.49. The van der Waals surface area contributed by atoms with Gasteiger partial charge in [-0.1, -0.05) is 212 Å². The van der Waals surface area contributed by atoms with Crippen molar-refractivity contribution in [1.29, 1.82) is 0 Å². The van der Waals surface area contributed by atoms with E-state index in [1.165, 1.54) is 61.2 Å². The molecule has 11 rings (SSSR count). The minimum Gasteiger partial charge on any atom is -0.311 e. The molecule has 1 atom stereocenters. The predicted molar refractivity (Wildman–Crippen MR) is 289 cm³/mol. The maximum absolute atomic E-state index is 2.41. The molecule has 0 aromatic heterocycles. The van der Waals surface area contributed by atoms with Crippen molar-refractivity contribution >= 4 is 34.1 Å². The van der Waals surface area contributed by atoms with Crippen LogP contribution in [0.2, 0.25) is 0 Å². The molecule has 10 aromatic carbocycles. The van der Waals surface area contributed by atoms with Gasteiger partial charge in [-0.3, -0.25) is 0 Å². The Labute approximate surface area is 400 Å². The number of rotatable bonds is 12. The quantitative estimate of drug-likeness (QED) is 0.121. The normalized spacial score (nSPS) is 13.0. The van der Waals surface area contributed by atoms with E-state index in [2.05, 4.69) is 295 Å². The summed E-state index contributed by atoms with van der Waals surface area (Å²) in [6, 6.07) is 94.2. The minimum absolute atomic E-state index is 0.257. The molecular formula is C66H50N2. The van der Waals surface area contributed by atoms with E-state index in [-0.39, 0.29) is 5.92 Å². The van der Waals surface area contributed by atoms with Crippen LogP contribution < -0.4 is 9.80 Å². The molecule has 0 amide bonds. The summed E-state index contributed by atoms with van der Waals surface area (Å²) in [6.45, 7) is 0. The monoisotopic (exact) mass is 870 g/mol. The Balaban J connectivity index is 0.903. The highest BCUT2D eigenvalue weighted by Crippen LogP contribution is 2.43. The second-order valence-corrected chi connectivity index (χ2v) is 17.3. The second-order valence-electron chi connectivity index (χ2n) is 17.3. The van der Waals surface area contributed by atoms with Crippen molar-refractivity contribution in [3.63, 3.8) is 0 Å². The van der Waals surface area contributed by atoms with Crippen molar-refractivity contribution in [2.75, 3.05) is 9.80 Å². The number of hydrogen-bond donors (Lipinski definition) is 0. The van der Waals surface area contributed by atoms with Crippen molar-refractivity contribution in [1.82, 2.24) is 0 Å². The van der Waals surface area contributed by atoms with E-state index in [1.54, 1.807) is 0 Å². The SMILES string of the molecule is C1=CCC(c2cc(N(c3ccccc3)c3ccc(-c4ccccc4)cc3)ccc2-c2ccc(-c3ccc(N(c4ccc(-c5ccccc5)cc4)c4ccc(-c5ccccc5)cc4)cc3)cc2)C=C1. The lowest BCUT2D eigenvalue weighted by Gasteiger charge is -2.28. The molecule has 1 aliphatic carbocycles. The average molecular weight is 871 g/mol. The minimum atomic E-state index is 0.257. The third-order valence-electron chi connectivity index (χ3n) is 13.0. The molecule has 10 aromatic rings. The van der Waals surface area contributed by atoms with Gasteiger partial charge in [0, 0.05) is 40.0 Å². The van der Waals surface area contributed by atoms with Gasteiger partial charge in [-0.05, 0) is 140 Å². The van der Waals surface area contributed by atoms with Gasteiger partial charge in [-0.15, -0.1) is 0 Å². The second kappa shape index (κ2) is 19.4. The van der Waals surface area contributed by atoms with Crippen molar-refractivity contribution in [3.05, 3.63) is 291 Å². The molecule has 0 N–H and O–H groups in total. The number of hydrogen-bond acceptors (Lipinski definition) is 2. The Morgan fingerprint density at radius 2 is 0.574 bits per heavy atom. The molecule has 0 radical (unpaired) electrons. The summed E-state index contributed by atoms with van der Waals surface area (Å²) in [5, 5.41) is 0. The number of nitrogens with zero attached hydrogens (tertiary/aromatic N) is 2. The maximum Gasteiger partial charge on any atom is 0.0465 e. The molecular weight excluding hydrogens is 821 g/mol. The zero-order valence-electron chi connectivity index (χ0n) is 37.8. The molecule has 0 spiro atoms. The Bertz CT molecular complexity index is 3200. The van der Waals surface area contributed by atoms with Crippen LogP contribution in [0.5, 0.6) is 0 Å². The number of para-hydroxylation sites is 1. The van der Waals surface area contributed by atoms with Crippen molar-refractivity contribution in [3.8, 4) is 55.6 Å². The summed E-state index contributed by atoms with van der Waals surface area (Å²) in [4.78, 5) is 4.72. The Morgan fingerprint density at radius 3 is 0.956 bits per heavy atom. The zero-order chi connectivity index (χ0) is 45.5. The van der Waals surface area contributed by atoms with Crippen molar-refractivity contribution in [2.45, 2.75) is 12.3 Å². The van der Waals surface area contributed by atoms with Crippen LogP contribution in [0, 0.1) is 0 Å². The smallest absolute Gasteiger partial charge is 0.0465 e. The van der Waals surface area contributed by atoms with Gasteiger partial charge in [0.1, 0.15) is 0 Å². The van der Waals surface area contributed by atoms with Crippen LogP contribution in [0.4, 0.5) is 34.1 Å². The summed E-state index contributed by atoms with van der Waals surface area (Å²) in [5.74, 6) is 0.257. The van der Waals surface area contributed by atoms with Crippen LogP contribution in [-0.4, -0.2) is 0 Å². The molecule has 68 heavy (non-hydrogen) atoms. The van der Waals surface area contributed by atoms with Crippen LogP contribution in [-0.2, 0) is 0 Å². The molecule has 0 bridgehead atoms. The van der Waals surface area contributed by atoms with Gasteiger partial charge in [-0.25, -0.2) is 0 Å². The van der Waals surface area contributed by atoms with Crippen LogP contribution in [0.15, 0.2) is 285 Å². The first-order valence-electron chi connectivity index (χ1n) is 23.5. The van der Waals surface area contributed by atoms with E-state index in [9.17, 15) is 0 Å². The van der Waals surface area contributed by atoms with Crippen molar-refractivity contribution in [2.24, 2.45) is 0 Å². The van der Waals surface area contributed by atoms with Crippen molar-refractivity contribution < 1.29 is 0 Å². The largest absolute Gasteiger partial charge is 0.311 e. The highest BCUT2D eigenvalue weighted by molar-refractivity contribution is 5.84. The van der Waals surface area contributed by atoms with Gasteiger partial charge in [0.15, 0.2) is 0 Å². The third-order valence-corrected chi connectivity index (χ3v) is 13.0. The van der Waals surface area contributed by atoms with E-state index in [4.69, 9.17) is 0 Å². The Hall–Kier alpha value is -8.72. The summed E-state index contributed by atoms with van der Waals surface area (Å²) in [5.41, 5.74) is 20.0. The van der Waals surface area contributed by atoms with Gasteiger partial charge in [0.2, 0.25) is 0 Å². The first-order valence-corrected chi connectivity index (χ1v) is 23.5. The van der Waals surface area contributed by atoms with E-state index in [0.29, 0.717) is 0 Å². The fourth-order valence-corrected chi connectivity index (χ4v) is 9.49. The summed E-state index contributed by atoms with van der Waals surface area (Å²) >= 11 is 0. The molecule has 0 heterocycles. The number of anilines is 6. The summed E-state index contributed by atoms with van der Waals surface area (Å²) in [6.07, 6.45) is 9.94. The topological polar surface area (TPSA) is 6.48 Å². The first-order chi connectivity index (χ1) is 33.7. The fraction of sp³-hybridized carbons (Fsp3) is 0.0303. The first kappa shape index (κ1) is 41.9. The summed E-state index contributed by atoms with van der Waals surface area (Å²) < 4.78 is 0. The molecule has 324 valence electrons. The molecule has 0 aliphatic heterocycles. The lowest BCUT2D eigenvalue weighted by molar-refractivity contribution is 0.855. The van der Waals surface area contributed by atoms with Crippen LogP contribution in [0.3, 0.4) is 0 Å². The summed E-state index contributed by atoms with van der Waals surface area (Å²) in [7, 11) is 0. The standard InChI is InChI=1S/C66H50N2/c1-6-16-49(17-7-1)53-30-38-60(39-31-53)67(61-40-32-54(33-41-61)50-18-8-2-9-19-50)62-42-36-56(37-43-62)52-26-28-58(29-27-52)65-47-46-64(48-66(65)57-22-12-4-13-23-57)68(59-24-14-5-15-25-59)63-44-34-55(35-45-63)51-20-10-3-11-21-51/h1-22,24-48,57H,23H2. The molecule has 2 nitrogen and oxygen atoms in total. The highest BCUT2D eigenvalue weighted by atomic mass is 15.1. The van der Waals surface area contributed by atoms with Gasteiger partial charge in [0.05, 0.1) is 0 Å². The maximum atomic E-state index is 2.41. The molecule has 1 unspecified atom stereocenters. The zero-order valence-corrected chi connectivity index (χ0v) is 37.8. The van der Waals surface area contributed by atoms with E-state index in [0.717, 1.165) is 40.5 Å². The Kier molecular flexibility index (Phi) is 12.0. The molecule has 0 saturated carbocycles. The molecule has 2 heteroatoms. The van der Waals surface area contributed by atoms with Gasteiger partial charge >= 0.3 is 0 Å². The van der Waals surface area contributed by atoms with Crippen LogP contribution in [0.1, 0.15) is 17.9 Å². The van der Waals surface area contributed by atoms with Gasteiger partial charge in [0.25, 0.3) is 0 Å². The third kappa shape index (κ3) is 8.96. The number of allylic oxidation sites excluding steroid dienone is 4. The number of benzene rings is 10. The van der Waals surface area contributed by atoms with Crippen LogP contribution >= 0.6 is 0 Å². The van der Waals surface area contributed by atoms with E-state index >= 15 is 0 Å².